The van der Waals surface area contributed by atoms with Gasteiger partial charge in [-0.05, 0) is 55.2 Å². The van der Waals surface area contributed by atoms with Crippen LogP contribution in [0.3, 0.4) is 0 Å². The zero-order chi connectivity index (χ0) is 18.7. The van der Waals surface area contributed by atoms with Crippen molar-refractivity contribution in [2.45, 2.75) is 25.7 Å². The van der Waals surface area contributed by atoms with Crippen molar-refractivity contribution in [3.8, 4) is 11.1 Å². The summed E-state index contributed by atoms with van der Waals surface area (Å²) in [4.78, 5) is 23.8. The average Bonchev–Trinajstić information content (AvgIpc) is 2.64. The largest absolute Gasteiger partial charge is 0.481 e. The molecule has 0 radical (unpaired) electrons. The van der Waals surface area contributed by atoms with Gasteiger partial charge in [0.15, 0.2) is 0 Å². The van der Waals surface area contributed by atoms with Crippen LogP contribution in [0.4, 0.5) is 14.5 Å². The van der Waals surface area contributed by atoms with Gasteiger partial charge in [0, 0.05) is 17.2 Å². The van der Waals surface area contributed by atoms with Gasteiger partial charge < -0.3 is 10.4 Å². The second-order valence-electron chi connectivity index (χ2n) is 6.58. The minimum absolute atomic E-state index is 0.272. The molecule has 0 aliphatic heterocycles. The highest BCUT2D eigenvalue weighted by atomic mass is 19.1. The summed E-state index contributed by atoms with van der Waals surface area (Å²) in [6, 6.07) is 9.55. The maximum absolute atomic E-state index is 13.7. The molecule has 136 valence electrons. The van der Waals surface area contributed by atoms with Crippen LogP contribution in [0.25, 0.3) is 11.1 Å². The number of amides is 1. The number of carbonyl (C=O) groups is 2. The Kier molecular flexibility index (Phi) is 5.30. The highest BCUT2D eigenvalue weighted by Crippen LogP contribution is 2.33. The van der Waals surface area contributed by atoms with Crippen molar-refractivity contribution in [3.05, 3.63) is 54.1 Å². The molecule has 0 bridgehead atoms. The standard InChI is InChI=1S/C20H19F2NO3/c21-15-6-4-12(5-7-15)17-11-16(22)8-9-18(17)23-19(24)13-2-1-3-14(10-13)20(25)26/h4-9,11,13-14H,1-3,10H2,(H,23,24)(H,25,26). The second-order valence-corrected chi connectivity index (χ2v) is 6.58. The van der Waals surface area contributed by atoms with E-state index in [0.717, 1.165) is 0 Å². The Morgan fingerprint density at radius 3 is 2.31 bits per heavy atom. The summed E-state index contributed by atoms with van der Waals surface area (Å²) in [5.41, 5.74) is 1.44. The molecule has 0 heterocycles. The molecular formula is C20H19F2NO3. The quantitative estimate of drug-likeness (QED) is 0.847. The number of halogens is 2. The fraction of sp³-hybridized carbons (Fsp3) is 0.300. The number of rotatable bonds is 4. The third-order valence-electron chi connectivity index (χ3n) is 4.79. The van der Waals surface area contributed by atoms with Crippen LogP contribution >= 0.6 is 0 Å². The lowest BCUT2D eigenvalue weighted by molar-refractivity contribution is -0.143. The third-order valence-corrected chi connectivity index (χ3v) is 4.79. The number of hydrogen-bond acceptors (Lipinski definition) is 2. The zero-order valence-corrected chi connectivity index (χ0v) is 14.0. The molecule has 2 aromatic rings. The van der Waals surface area contributed by atoms with E-state index < -0.39 is 29.4 Å². The van der Waals surface area contributed by atoms with Gasteiger partial charge in [-0.25, -0.2) is 8.78 Å². The predicted molar refractivity (Wildman–Crippen MR) is 93.5 cm³/mol. The average molecular weight is 359 g/mol. The molecule has 1 aliphatic rings. The van der Waals surface area contributed by atoms with Crippen LogP contribution in [-0.2, 0) is 9.59 Å². The first-order valence-electron chi connectivity index (χ1n) is 8.53. The first-order valence-corrected chi connectivity index (χ1v) is 8.53. The summed E-state index contributed by atoms with van der Waals surface area (Å²) in [6.45, 7) is 0. The lowest BCUT2D eigenvalue weighted by Gasteiger charge is -2.26. The maximum atomic E-state index is 13.7. The van der Waals surface area contributed by atoms with Gasteiger partial charge in [0.25, 0.3) is 0 Å². The van der Waals surface area contributed by atoms with E-state index in [4.69, 9.17) is 5.11 Å². The third kappa shape index (κ3) is 4.07. The molecule has 4 nitrogen and oxygen atoms in total. The molecule has 2 N–H and O–H groups in total. The molecule has 1 aliphatic carbocycles. The van der Waals surface area contributed by atoms with Gasteiger partial charge in [-0.15, -0.1) is 0 Å². The summed E-state index contributed by atoms with van der Waals surface area (Å²) in [5, 5.41) is 12.0. The number of aliphatic carboxylic acids is 1. The molecule has 2 aromatic carbocycles. The summed E-state index contributed by atoms with van der Waals surface area (Å²) >= 11 is 0. The van der Waals surface area contributed by atoms with Crippen LogP contribution in [0.5, 0.6) is 0 Å². The first kappa shape index (κ1) is 18.0. The van der Waals surface area contributed by atoms with E-state index in [9.17, 15) is 18.4 Å². The second kappa shape index (κ2) is 7.64. The molecule has 2 atom stereocenters. The molecule has 0 spiro atoms. The van der Waals surface area contributed by atoms with E-state index >= 15 is 0 Å². The zero-order valence-electron chi connectivity index (χ0n) is 14.0. The number of carboxylic acid groups (broad SMARTS) is 1. The molecule has 6 heteroatoms. The van der Waals surface area contributed by atoms with Gasteiger partial charge in [-0.3, -0.25) is 9.59 Å². The fourth-order valence-corrected chi connectivity index (χ4v) is 3.38. The van der Waals surface area contributed by atoms with E-state index in [1.54, 1.807) is 0 Å². The van der Waals surface area contributed by atoms with Gasteiger partial charge in [0.1, 0.15) is 11.6 Å². The number of benzene rings is 2. The number of carboxylic acids is 1. The summed E-state index contributed by atoms with van der Waals surface area (Å²) in [5.74, 6) is -2.92. The Morgan fingerprint density at radius 2 is 1.62 bits per heavy atom. The normalized spacial score (nSPS) is 19.8. The maximum Gasteiger partial charge on any atom is 0.306 e. The van der Waals surface area contributed by atoms with Crippen LogP contribution in [0.1, 0.15) is 25.7 Å². The monoisotopic (exact) mass is 359 g/mol. The van der Waals surface area contributed by atoms with Crippen LogP contribution in [0.15, 0.2) is 42.5 Å². The van der Waals surface area contributed by atoms with Crippen molar-refractivity contribution in [1.82, 2.24) is 0 Å². The number of anilines is 1. The minimum Gasteiger partial charge on any atom is -0.481 e. The van der Waals surface area contributed by atoms with E-state index in [-0.39, 0.29) is 5.91 Å². The van der Waals surface area contributed by atoms with Gasteiger partial charge in [0.05, 0.1) is 5.92 Å². The molecular weight excluding hydrogens is 340 g/mol. The van der Waals surface area contributed by atoms with Crippen molar-refractivity contribution in [3.63, 3.8) is 0 Å². The smallest absolute Gasteiger partial charge is 0.306 e. The highest BCUT2D eigenvalue weighted by molar-refractivity contribution is 5.97. The number of nitrogens with one attached hydrogen (secondary N) is 1. The Balaban J connectivity index is 1.82. The fourth-order valence-electron chi connectivity index (χ4n) is 3.38. The molecule has 2 unspecified atom stereocenters. The molecule has 1 amide bonds. The molecule has 1 saturated carbocycles. The lowest BCUT2D eigenvalue weighted by atomic mass is 9.81. The molecule has 26 heavy (non-hydrogen) atoms. The Hall–Kier alpha value is -2.76. The summed E-state index contributed by atoms with van der Waals surface area (Å²) in [6.07, 6.45) is 2.19. The van der Waals surface area contributed by atoms with E-state index in [1.165, 1.54) is 42.5 Å². The summed E-state index contributed by atoms with van der Waals surface area (Å²) < 4.78 is 26.8. The van der Waals surface area contributed by atoms with E-state index in [0.29, 0.717) is 42.5 Å². The van der Waals surface area contributed by atoms with Crippen molar-refractivity contribution in [1.29, 1.82) is 0 Å². The SMILES string of the molecule is O=C(O)C1CCCC(C(=O)Nc2ccc(F)cc2-c2ccc(F)cc2)C1. The van der Waals surface area contributed by atoms with Crippen molar-refractivity contribution in [2.75, 3.05) is 5.32 Å². The van der Waals surface area contributed by atoms with E-state index in [2.05, 4.69) is 5.32 Å². The Morgan fingerprint density at radius 1 is 0.962 bits per heavy atom. The van der Waals surface area contributed by atoms with Crippen molar-refractivity contribution < 1.29 is 23.5 Å². The van der Waals surface area contributed by atoms with Crippen LogP contribution < -0.4 is 5.32 Å². The van der Waals surface area contributed by atoms with Gasteiger partial charge >= 0.3 is 5.97 Å². The summed E-state index contributed by atoms with van der Waals surface area (Å²) in [7, 11) is 0. The Labute approximate surface area is 149 Å². The van der Waals surface area contributed by atoms with Gasteiger partial charge in [-0.2, -0.15) is 0 Å². The van der Waals surface area contributed by atoms with E-state index in [1.807, 2.05) is 0 Å². The number of hydrogen-bond donors (Lipinski definition) is 2. The highest BCUT2D eigenvalue weighted by Gasteiger charge is 2.31. The lowest BCUT2D eigenvalue weighted by Crippen LogP contribution is -2.31. The first-order chi connectivity index (χ1) is 12.4. The molecule has 0 aromatic heterocycles. The van der Waals surface area contributed by atoms with Crippen molar-refractivity contribution in [2.24, 2.45) is 11.8 Å². The van der Waals surface area contributed by atoms with Crippen molar-refractivity contribution >= 4 is 17.6 Å². The van der Waals surface area contributed by atoms with Gasteiger partial charge in [-0.1, -0.05) is 18.6 Å². The van der Waals surface area contributed by atoms with Crippen LogP contribution in [0, 0.1) is 23.5 Å². The topological polar surface area (TPSA) is 66.4 Å². The number of carbonyl (C=O) groups excluding carboxylic acids is 1. The predicted octanol–water partition coefficient (Wildman–Crippen LogP) is 4.46. The molecule has 3 rings (SSSR count). The Bertz CT molecular complexity index is 820. The van der Waals surface area contributed by atoms with Gasteiger partial charge in [0.2, 0.25) is 5.91 Å². The molecule has 1 fully saturated rings. The molecule has 0 saturated heterocycles. The van der Waals surface area contributed by atoms with Crippen LogP contribution in [0.2, 0.25) is 0 Å². The minimum atomic E-state index is -0.878. The van der Waals surface area contributed by atoms with Crippen LogP contribution in [-0.4, -0.2) is 17.0 Å².